The largest absolute Gasteiger partial charge is 0.361 e. The lowest BCUT2D eigenvalue weighted by Crippen LogP contribution is -2.32. The van der Waals surface area contributed by atoms with E-state index in [1.54, 1.807) is 18.5 Å². The van der Waals surface area contributed by atoms with Crippen molar-refractivity contribution in [3.63, 3.8) is 0 Å². The average Bonchev–Trinajstić information content (AvgIpc) is 3.59. The number of aromatic amines is 1. The van der Waals surface area contributed by atoms with Gasteiger partial charge in [-0.05, 0) is 66.6 Å². The van der Waals surface area contributed by atoms with E-state index in [-0.39, 0.29) is 11.9 Å². The number of para-hydroxylation sites is 1. The molecule has 1 amide bonds. The molecule has 7 nitrogen and oxygen atoms in total. The maximum Gasteiger partial charge on any atom is 0.251 e. The zero-order valence-electron chi connectivity index (χ0n) is 23.4. The number of hydrogen-bond donors (Lipinski definition) is 2. The van der Waals surface area contributed by atoms with Crippen LogP contribution in [0.4, 0.5) is 0 Å². The second-order valence-electron chi connectivity index (χ2n) is 10.3. The number of benzene rings is 3. The third-order valence-corrected chi connectivity index (χ3v) is 8.60. The second-order valence-corrected chi connectivity index (χ2v) is 11.5. The van der Waals surface area contributed by atoms with Gasteiger partial charge in [-0.25, -0.2) is 4.98 Å². The Morgan fingerprint density at radius 2 is 1.83 bits per heavy atom. The van der Waals surface area contributed by atoms with E-state index in [9.17, 15) is 4.79 Å². The highest BCUT2D eigenvalue weighted by molar-refractivity contribution is 7.99. The normalized spacial score (nSPS) is 12.3. The Morgan fingerprint density at radius 1 is 0.976 bits per heavy atom. The minimum Gasteiger partial charge on any atom is -0.361 e. The summed E-state index contributed by atoms with van der Waals surface area (Å²) in [7, 11) is 0. The summed E-state index contributed by atoms with van der Waals surface area (Å²) in [5.41, 5.74) is 6.31. The molecule has 0 aliphatic carbocycles. The van der Waals surface area contributed by atoms with Gasteiger partial charge in [-0.3, -0.25) is 14.8 Å². The van der Waals surface area contributed by atoms with Crippen molar-refractivity contribution in [1.29, 1.82) is 0 Å². The third-order valence-electron chi connectivity index (χ3n) is 7.40. The Morgan fingerprint density at radius 3 is 2.68 bits per heavy atom. The Labute approximate surface area is 243 Å². The quantitative estimate of drug-likeness (QED) is 0.160. The molecule has 0 fully saturated rings. The van der Waals surface area contributed by atoms with Gasteiger partial charge in [-0.2, -0.15) is 0 Å². The molecule has 41 heavy (non-hydrogen) atoms. The van der Waals surface area contributed by atoms with Crippen LogP contribution in [0.2, 0.25) is 0 Å². The molecule has 6 rings (SSSR count). The maximum atomic E-state index is 13.8. The number of thioether (sulfide) groups is 1. The molecule has 0 saturated carbocycles. The van der Waals surface area contributed by atoms with Crippen LogP contribution < -0.4 is 5.32 Å². The zero-order chi connectivity index (χ0) is 28.2. The van der Waals surface area contributed by atoms with E-state index < -0.39 is 0 Å². The Bertz CT molecular complexity index is 1820. The number of unbranched alkanes of at least 4 members (excludes halogenated alkanes) is 1. The summed E-state index contributed by atoms with van der Waals surface area (Å²) >= 11 is 1.86. The number of hydrogen-bond acceptors (Lipinski definition) is 5. The number of fused-ring (bicyclic) bond motifs is 3. The maximum absolute atomic E-state index is 13.8. The summed E-state index contributed by atoms with van der Waals surface area (Å²) < 4.78 is 2.30. The van der Waals surface area contributed by atoms with Crippen LogP contribution in [0, 0.1) is 0 Å². The molecule has 3 aromatic heterocycles. The lowest BCUT2D eigenvalue weighted by molar-refractivity contribution is 0.0934. The number of carbonyl (C=O) groups is 1. The van der Waals surface area contributed by atoms with Crippen molar-refractivity contribution in [2.75, 3.05) is 5.75 Å². The average molecular weight is 563 g/mol. The third kappa shape index (κ3) is 5.70. The van der Waals surface area contributed by atoms with Crippen molar-refractivity contribution < 1.29 is 4.79 Å². The smallest absolute Gasteiger partial charge is 0.251 e. The van der Waals surface area contributed by atoms with Gasteiger partial charge in [0.05, 0.1) is 28.1 Å². The summed E-state index contributed by atoms with van der Waals surface area (Å²) in [5, 5.41) is 4.51. The number of nitrogens with zero attached hydrogens (tertiary/aromatic N) is 4. The first-order valence-electron chi connectivity index (χ1n) is 14.3. The molecule has 208 valence electrons. The van der Waals surface area contributed by atoms with Crippen LogP contribution in [0.15, 0.2) is 84.1 Å². The van der Waals surface area contributed by atoms with Gasteiger partial charge in [-0.1, -0.05) is 38.5 Å². The number of aromatic nitrogens is 5. The van der Waals surface area contributed by atoms with E-state index in [4.69, 9.17) is 4.98 Å². The fourth-order valence-corrected chi connectivity index (χ4v) is 6.13. The molecule has 0 saturated heterocycles. The predicted octanol–water partition coefficient (Wildman–Crippen LogP) is 7.48. The van der Waals surface area contributed by atoms with Crippen molar-refractivity contribution in [3.8, 4) is 0 Å². The lowest BCUT2D eigenvalue weighted by atomic mass is 10.0. The minimum absolute atomic E-state index is 0.157. The molecule has 8 heteroatoms. The number of rotatable bonds is 11. The van der Waals surface area contributed by atoms with E-state index in [0.29, 0.717) is 17.5 Å². The SMILES string of the molecule is CCCCn1c(C(Cc2c[nH]c3ccccc23)NC(=O)c2ccc3nccnc3c2)nc2cc(SCCC)ccc21. The highest BCUT2D eigenvalue weighted by atomic mass is 32.2. The number of amides is 1. The zero-order valence-corrected chi connectivity index (χ0v) is 24.2. The highest BCUT2D eigenvalue weighted by Crippen LogP contribution is 2.30. The van der Waals surface area contributed by atoms with Crippen molar-refractivity contribution in [3.05, 3.63) is 96.2 Å². The fourth-order valence-electron chi connectivity index (χ4n) is 5.33. The summed E-state index contributed by atoms with van der Waals surface area (Å²) in [5.74, 6) is 1.80. The molecule has 1 atom stereocenters. The summed E-state index contributed by atoms with van der Waals surface area (Å²) in [6.07, 6.45) is 9.18. The van der Waals surface area contributed by atoms with Crippen LogP contribution in [0.5, 0.6) is 0 Å². The molecule has 0 bridgehead atoms. The Hall–Kier alpha value is -4.17. The molecule has 3 heterocycles. The van der Waals surface area contributed by atoms with Crippen LogP contribution in [-0.2, 0) is 13.0 Å². The van der Waals surface area contributed by atoms with Crippen LogP contribution in [0.1, 0.15) is 60.9 Å². The van der Waals surface area contributed by atoms with Gasteiger partial charge in [0.25, 0.3) is 5.91 Å². The van der Waals surface area contributed by atoms with Crippen LogP contribution >= 0.6 is 11.8 Å². The lowest BCUT2D eigenvalue weighted by Gasteiger charge is -2.20. The van der Waals surface area contributed by atoms with Crippen LogP contribution in [-0.4, -0.2) is 36.2 Å². The summed E-state index contributed by atoms with van der Waals surface area (Å²) in [4.78, 5) is 32.3. The van der Waals surface area contributed by atoms with Crippen LogP contribution in [0.25, 0.3) is 33.0 Å². The first-order valence-corrected chi connectivity index (χ1v) is 15.3. The van der Waals surface area contributed by atoms with Crippen molar-refractivity contribution in [2.45, 2.75) is 57.0 Å². The van der Waals surface area contributed by atoms with E-state index >= 15 is 0 Å². The van der Waals surface area contributed by atoms with Gasteiger partial charge in [-0.15, -0.1) is 11.8 Å². The summed E-state index contributed by atoms with van der Waals surface area (Å²) in [6, 6.07) is 20.0. The number of carbonyl (C=O) groups excluding carboxylic acids is 1. The predicted molar refractivity (Wildman–Crippen MR) is 167 cm³/mol. The molecule has 3 aromatic carbocycles. The van der Waals surface area contributed by atoms with E-state index in [2.05, 4.69) is 75.1 Å². The molecule has 0 spiro atoms. The van der Waals surface area contributed by atoms with Gasteiger partial charge in [0.15, 0.2) is 0 Å². The van der Waals surface area contributed by atoms with E-state index in [1.165, 1.54) is 4.90 Å². The van der Waals surface area contributed by atoms with Crippen molar-refractivity contribution >= 4 is 50.6 Å². The Balaban J connectivity index is 1.42. The first-order chi connectivity index (χ1) is 20.1. The highest BCUT2D eigenvalue weighted by Gasteiger charge is 2.25. The number of nitrogens with one attached hydrogen (secondary N) is 2. The number of aryl methyl sites for hydroxylation is 1. The molecule has 0 aliphatic rings. The number of imidazole rings is 1. The van der Waals surface area contributed by atoms with Crippen molar-refractivity contribution in [2.24, 2.45) is 0 Å². The van der Waals surface area contributed by atoms with Gasteiger partial charge in [0.2, 0.25) is 0 Å². The molecule has 1 unspecified atom stereocenters. The molecule has 0 radical (unpaired) electrons. The fraction of sp³-hybridized carbons (Fsp3) is 0.273. The standard InChI is InChI=1S/C33H34N6OS/c1-3-5-16-39-31-13-11-24(41-17-4-2)20-29(31)37-32(39)30(19-23-21-36-26-9-7-6-8-25(23)26)38-33(40)22-10-12-27-28(18-22)35-15-14-34-27/h6-15,18,20-21,30,36H,3-5,16-17,19H2,1-2H3,(H,38,40). The molecular formula is C33H34N6OS. The minimum atomic E-state index is -0.338. The Kier molecular flexibility index (Phi) is 8.00. The van der Waals surface area contributed by atoms with Gasteiger partial charge in [0, 0.05) is 52.9 Å². The topological polar surface area (TPSA) is 88.5 Å². The summed E-state index contributed by atoms with van der Waals surface area (Å²) in [6.45, 7) is 5.24. The van der Waals surface area contributed by atoms with Crippen LogP contribution in [0.3, 0.4) is 0 Å². The van der Waals surface area contributed by atoms with E-state index in [0.717, 1.165) is 70.4 Å². The number of H-pyrrole nitrogens is 1. The second kappa shape index (κ2) is 12.1. The monoisotopic (exact) mass is 562 g/mol. The van der Waals surface area contributed by atoms with Gasteiger partial charge < -0.3 is 14.9 Å². The molecule has 6 aromatic rings. The van der Waals surface area contributed by atoms with E-state index in [1.807, 2.05) is 36.2 Å². The molecule has 0 aliphatic heterocycles. The van der Waals surface area contributed by atoms with Crippen molar-refractivity contribution in [1.82, 2.24) is 29.8 Å². The van der Waals surface area contributed by atoms with Gasteiger partial charge in [0.1, 0.15) is 5.82 Å². The molecular weight excluding hydrogens is 528 g/mol. The molecule has 2 N–H and O–H groups in total. The first kappa shape index (κ1) is 27.0. The van der Waals surface area contributed by atoms with Gasteiger partial charge >= 0.3 is 0 Å².